The standard InChI is InChI=1S/C16H24N2O4/c1-20-14-6-2-5-13(11-14)18-16(19)17-8-4-9-21-12-15-7-3-10-22-15/h2,5-6,11,15H,3-4,7-10,12H2,1H3,(H2,17,18,19). The van der Waals surface area contributed by atoms with Gasteiger partial charge in [-0.3, -0.25) is 0 Å². The van der Waals surface area contributed by atoms with Gasteiger partial charge >= 0.3 is 6.03 Å². The first kappa shape index (κ1) is 16.6. The van der Waals surface area contributed by atoms with Gasteiger partial charge in [-0.2, -0.15) is 0 Å². The molecule has 0 saturated carbocycles. The quantitative estimate of drug-likeness (QED) is 0.724. The summed E-state index contributed by atoms with van der Waals surface area (Å²) in [6, 6.07) is 7.01. The molecule has 2 rings (SSSR count). The van der Waals surface area contributed by atoms with Gasteiger partial charge in [0.1, 0.15) is 5.75 Å². The van der Waals surface area contributed by atoms with Crippen molar-refractivity contribution in [2.45, 2.75) is 25.4 Å². The molecule has 0 aliphatic carbocycles. The Morgan fingerprint density at radius 3 is 3.14 bits per heavy atom. The molecule has 0 spiro atoms. The van der Waals surface area contributed by atoms with Crippen molar-refractivity contribution in [2.24, 2.45) is 0 Å². The number of anilines is 1. The Labute approximate surface area is 131 Å². The SMILES string of the molecule is COc1cccc(NC(=O)NCCCOCC2CCCO2)c1. The van der Waals surface area contributed by atoms with Crippen LogP contribution in [-0.2, 0) is 9.47 Å². The van der Waals surface area contributed by atoms with Crippen molar-refractivity contribution in [1.29, 1.82) is 0 Å². The molecule has 1 saturated heterocycles. The van der Waals surface area contributed by atoms with Crippen LogP contribution in [0.3, 0.4) is 0 Å². The van der Waals surface area contributed by atoms with Gasteiger partial charge < -0.3 is 24.8 Å². The summed E-state index contributed by atoms with van der Waals surface area (Å²) >= 11 is 0. The Balaban J connectivity index is 1.53. The normalized spacial score (nSPS) is 17.2. The molecular formula is C16H24N2O4. The van der Waals surface area contributed by atoms with E-state index in [2.05, 4.69) is 10.6 Å². The lowest BCUT2D eigenvalue weighted by molar-refractivity contribution is 0.0168. The molecule has 1 aliphatic rings. The number of nitrogens with one attached hydrogen (secondary N) is 2. The molecule has 1 heterocycles. The first-order valence-corrected chi connectivity index (χ1v) is 7.66. The average Bonchev–Trinajstić information content (AvgIpc) is 3.04. The van der Waals surface area contributed by atoms with Crippen LogP contribution in [0, 0.1) is 0 Å². The van der Waals surface area contributed by atoms with Gasteiger partial charge in [-0.25, -0.2) is 4.79 Å². The third-order valence-corrected chi connectivity index (χ3v) is 3.41. The van der Waals surface area contributed by atoms with E-state index in [-0.39, 0.29) is 12.1 Å². The van der Waals surface area contributed by atoms with E-state index in [0.717, 1.165) is 25.9 Å². The van der Waals surface area contributed by atoms with Gasteiger partial charge in [-0.05, 0) is 31.4 Å². The highest BCUT2D eigenvalue weighted by molar-refractivity contribution is 5.89. The van der Waals surface area contributed by atoms with Crippen molar-refractivity contribution in [3.05, 3.63) is 24.3 Å². The molecule has 6 heteroatoms. The summed E-state index contributed by atoms with van der Waals surface area (Å²) in [6.07, 6.45) is 3.24. The lowest BCUT2D eigenvalue weighted by Gasteiger charge is -2.11. The highest BCUT2D eigenvalue weighted by Crippen LogP contribution is 2.16. The Kier molecular flexibility index (Phi) is 6.99. The van der Waals surface area contributed by atoms with E-state index in [1.165, 1.54) is 0 Å². The van der Waals surface area contributed by atoms with Gasteiger partial charge in [0.25, 0.3) is 0 Å². The molecule has 122 valence electrons. The van der Waals surface area contributed by atoms with Crippen molar-refractivity contribution in [3.8, 4) is 5.75 Å². The van der Waals surface area contributed by atoms with Gasteiger partial charge in [0.05, 0.1) is 19.8 Å². The van der Waals surface area contributed by atoms with Crippen molar-refractivity contribution < 1.29 is 19.0 Å². The number of benzene rings is 1. The fourth-order valence-corrected chi connectivity index (χ4v) is 2.24. The molecule has 0 bridgehead atoms. The maximum atomic E-state index is 11.7. The van der Waals surface area contributed by atoms with Crippen LogP contribution in [-0.4, -0.2) is 45.6 Å². The Bertz CT molecular complexity index is 461. The van der Waals surface area contributed by atoms with E-state index < -0.39 is 0 Å². The molecule has 1 fully saturated rings. The van der Waals surface area contributed by atoms with Crippen LogP contribution in [0.1, 0.15) is 19.3 Å². The van der Waals surface area contributed by atoms with Crippen LogP contribution in [0.5, 0.6) is 5.75 Å². The molecular weight excluding hydrogens is 284 g/mol. The van der Waals surface area contributed by atoms with Crippen LogP contribution in [0.4, 0.5) is 10.5 Å². The maximum Gasteiger partial charge on any atom is 0.319 e. The summed E-state index contributed by atoms with van der Waals surface area (Å²) < 4.78 is 16.1. The van der Waals surface area contributed by atoms with Crippen LogP contribution >= 0.6 is 0 Å². The number of urea groups is 1. The number of hydrogen-bond donors (Lipinski definition) is 2. The van der Waals surface area contributed by atoms with E-state index in [1.54, 1.807) is 13.2 Å². The van der Waals surface area contributed by atoms with Crippen molar-refractivity contribution in [2.75, 3.05) is 38.8 Å². The minimum absolute atomic E-state index is 0.229. The number of carbonyl (C=O) groups excluding carboxylic acids is 1. The van der Waals surface area contributed by atoms with Crippen molar-refractivity contribution in [3.63, 3.8) is 0 Å². The van der Waals surface area contributed by atoms with Gasteiger partial charge in [-0.1, -0.05) is 6.07 Å². The second-order valence-corrected chi connectivity index (χ2v) is 5.18. The fourth-order valence-electron chi connectivity index (χ4n) is 2.24. The molecule has 22 heavy (non-hydrogen) atoms. The predicted octanol–water partition coefficient (Wildman–Crippen LogP) is 2.40. The van der Waals surface area contributed by atoms with E-state index in [9.17, 15) is 4.79 Å². The van der Waals surface area contributed by atoms with Crippen molar-refractivity contribution in [1.82, 2.24) is 5.32 Å². The minimum atomic E-state index is -0.229. The van der Waals surface area contributed by atoms with Crippen molar-refractivity contribution >= 4 is 11.7 Å². The van der Waals surface area contributed by atoms with Crippen LogP contribution in [0.15, 0.2) is 24.3 Å². The second kappa shape index (κ2) is 9.27. The van der Waals surface area contributed by atoms with Crippen LogP contribution in [0.25, 0.3) is 0 Å². The Hall–Kier alpha value is -1.79. The minimum Gasteiger partial charge on any atom is -0.497 e. The highest BCUT2D eigenvalue weighted by Gasteiger charge is 2.14. The molecule has 1 atom stereocenters. The number of hydrogen-bond acceptors (Lipinski definition) is 4. The highest BCUT2D eigenvalue weighted by atomic mass is 16.5. The largest absolute Gasteiger partial charge is 0.497 e. The van der Waals surface area contributed by atoms with Crippen LogP contribution < -0.4 is 15.4 Å². The van der Waals surface area contributed by atoms with E-state index >= 15 is 0 Å². The summed E-state index contributed by atoms with van der Waals surface area (Å²) in [5.41, 5.74) is 0.700. The second-order valence-electron chi connectivity index (χ2n) is 5.18. The number of rotatable bonds is 8. The molecule has 0 radical (unpaired) electrons. The molecule has 2 amide bonds. The maximum absolute atomic E-state index is 11.7. The fraction of sp³-hybridized carbons (Fsp3) is 0.562. The summed E-state index contributed by atoms with van der Waals surface area (Å²) in [4.78, 5) is 11.7. The summed E-state index contributed by atoms with van der Waals surface area (Å²) in [7, 11) is 1.59. The summed E-state index contributed by atoms with van der Waals surface area (Å²) in [6.45, 7) is 2.69. The number of amides is 2. The zero-order chi connectivity index (χ0) is 15.6. The molecule has 1 aliphatic heterocycles. The average molecular weight is 308 g/mol. The van der Waals surface area contributed by atoms with E-state index in [0.29, 0.717) is 31.2 Å². The third-order valence-electron chi connectivity index (χ3n) is 3.41. The number of carbonyl (C=O) groups is 1. The van der Waals surface area contributed by atoms with Gasteiger partial charge in [-0.15, -0.1) is 0 Å². The van der Waals surface area contributed by atoms with E-state index in [1.807, 2.05) is 18.2 Å². The van der Waals surface area contributed by atoms with Gasteiger partial charge in [0.2, 0.25) is 0 Å². The first-order chi connectivity index (χ1) is 10.8. The summed E-state index contributed by atoms with van der Waals surface area (Å²) in [5, 5.41) is 5.56. The molecule has 1 unspecified atom stereocenters. The van der Waals surface area contributed by atoms with Crippen LogP contribution in [0.2, 0.25) is 0 Å². The lowest BCUT2D eigenvalue weighted by atomic mass is 10.2. The number of methoxy groups -OCH3 is 1. The Morgan fingerprint density at radius 2 is 2.36 bits per heavy atom. The molecule has 2 N–H and O–H groups in total. The molecule has 0 aromatic heterocycles. The zero-order valence-electron chi connectivity index (χ0n) is 13.0. The predicted molar refractivity (Wildman–Crippen MR) is 84.4 cm³/mol. The lowest BCUT2D eigenvalue weighted by Crippen LogP contribution is -2.30. The topological polar surface area (TPSA) is 68.8 Å². The third kappa shape index (κ3) is 5.91. The van der Waals surface area contributed by atoms with E-state index in [4.69, 9.17) is 14.2 Å². The molecule has 1 aromatic carbocycles. The monoisotopic (exact) mass is 308 g/mol. The molecule has 1 aromatic rings. The van der Waals surface area contributed by atoms with Gasteiger partial charge in [0, 0.05) is 31.5 Å². The van der Waals surface area contributed by atoms with Gasteiger partial charge in [0.15, 0.2) is 0 Å². The zero-order valence-corrected chi connectivity index (χ0v) is 13.0. The number of ether oxygens (including phenoxy) is 3. The first-order valence-electron chi connectivity index (χ1n) is 7.66. The summed E-state index contributed by atoms with van der Waals surface area (Å²) in [5.74, 6) is 0.709. The molecule has 6 nitrogen and oxygen atoms in total. The smallest absolute Gasteiger partial charge is 0.319 e. The Morgan fingerprint density at radius 1 is 1.45 bits per heavy atom.